The average molecular weight is 197 g/mol. The summed E-state index contributed by atoms with van der Waals surface area (Å²) in [5.41, 5.74) is 4.05. The van der Waals surface area contributed by atoms with Crippen molar-refractivity contribution in [3.8, 4) is 0 Å². The molecule has 3 rings (SSSR count). The van der Waals surface area contributed by atoms with Crippen LogP contribution in [-0.2, 0) is 0 Å². The maximum atomic E-state index is 4.24. The fourth-order valence-corrected chi connectivity index (χ4v) is 1.56. The second kappa shape index (κ2) is 3.24. The van der Waals surface area contributed by atoms with Crippen LogP contribution in [-0.4, -0.2) is 17.1 Å². The summed E-state index contributed by atoms with van der Waals surface area (Å²) >= 11 is 0. The predicted molar refractivity (Wildman–Crippen MR) is 58.8 cm³/mol. The molecule has 2 heterocycles. The number of hydrazone groups is 2. The molecule has 4 nitrogen and oxygen atoms in total. The Labute approximate surface area is 87.6 Å². The van der Waals surface area contributed by atoms with Gasteiger partial charge in [-0.15, -0.1) is 0 Å². The highest BCUT2D eigenvalue weighted by atomic mass is 15.6. The minimum Gasteiger partial charge on any atom is -0.272 e. The van der Waals surface area contributed by atoms with Crippen molar-refractivity contribution in [2.24, 2.45) is 10.2 Å². The van der Waals surface area contributed by atoms with E-state index in [0.717, 1.165) is 17.6 Å². The van der Waals surface area contributed by atoms with E-state index in [4.69, 9.17) is 0 Å². The monoisotopic (exact) mass is 197 g/mol. The Morgan fingerprint density at radius 3 is 2.87 bits per heavy atom. The molecule has 0 spiro atoms. The second-order valence-corrected chi connectivity index (χ2v) is 3.23. The molecule has 0 amide bonds. The first-order valence-electron chi connectivity index (χ1n) is 4.72. The van der Waals surface area contributed by atoms with Gasteiger partial charge in [0.15, 0.2) is 5.84 Å². The Hall–Kier alpha value is -2.10. The Kier molecular flexibility index (Phi) is 1.78. The van der Waals surface area contributed by atoms with Gasteiger partial charge in [0, 0.05) is 11.8 Å². The zero-order chi connectivity index (χ0) is 10.1. The molecular weight excluding hydrogens is 188 g/mol. The zero-order valence-electron chi connectivity index (χ0n) is 7.96. The lowest BCUT2D eigenvalue weighted by Gasteiger charge is -2.20. The standard InChI is InChI=1S/C11H9N4/c1-2-5-9(6-3-1)11-14-13-10-7-4-8-12-15(10)11/h1-8,14H. The van der Waals surface area contributed by atoms with Gasteiger partial charge in [0.2, 0.25) is 6.17 Å². The van der Waals surface area contributed by atoms with Gasteiger partial charge in [-0.05, 0) is 12.2 Å². The maximum Gasteiger partial charge on any atom is 0.224 e. The molecule has 73 valence electrons. The number of amidine groups is 1. The molecule has 1 aromatic rings. The first-order chi connectivity index (χ1) is 7.45. The first-order valence-corrected chi connectivity index (χ1v) is 4.72. The van der Waals surface area contributed by atoms with Gasteiger partial charge < -0.3 is 0 Å². The van der Waals surface area contributed by atoms with E-state index in [1.54, 1.807) is 11.2 Å². The van der Waals surface area contributed by atoms with Crippen molar-refractivity contribution in [1.29, 1.82) is 0 Å². The number of fused-ring (bicyclic) bond motifs is 1. The van der Waals surface area contributed by atoms with Crippen molar-refractivity contribution in [3.63, 3.8) is 0 Å². The number of benzene rings is 1. The maximum absolute atomic E-state index is 4.24. The molecule has 4 heteroatoms. The van der Waals surface area contributed by atoms with Crippen molar-refractivity contribution >= 4 is 12.1 Å². The summed E-state index contributed by atoms with van der Waals surface area (Å²) in [6.07, 6.45) is 6.42. The molecule has 0 saturated heterocycles. The molecule has 0 saturated carbocycles. The van der Waals surface area contributed by atoms with Gasteiger partial charge in [0.05, 0.1) is 0 Å². The number of rotatable bonds is 1. The van der Waals surface area contributed by atoms with Gasteiger partial charge in [-0.1, -0.05) is 30.3 Å². The number of hydrogen-bond acceptors (Lipinski definition) is 4. The summed E-state index contributed by atoms with van der Waals surface area (Å²) in [5, 5.41) is 10.2. The van der Waals surface area contributed by atoms with E-state index in [-0.39, 0.29) is 0 Å². The third-order valence-electron chi connectivity index (χ3n) is 2.27. The summed E-state index contributed by atoms with van der Waals surface area (Å²) in [5.74, 6) is 0.816. The molecule has 0 aromatic heterocycles. The molecule has 0 unspecified atom stereocenters. The summed E-state index contributed by atoms with van der Waals surface area (Å²) in [7, 11) is 0. The van der Waals surface area contributed by atoms with Crippen LogP contribution in [0, 0.1) is 6.17 Å². The largest absolute Gasteiger partial charge is 0.272 e. The third-order valence-corrected chi connectivity index (χ3v) is 2.27. The summed E-state index contributed by atoms with van der Waals surface area (Å²) in [4.78, 5) is 0. The molecule has 0 aliphatic carbocycles. The highest BCUT2D eigenvalue weighted by Crippen LogP contribution is 2.23. The van der Waals surface area contributed by atoms with E-state index in [0.29, 0.717) is 0 Å². The molecule has 0 fully saturated rings. The average Bonchev–Trinajstić information content (AvgIpc) is 2.74. The fourth-order valence-electron chi connectivity index (χ4n) is 1.56. The molecule has 2 aliphatic heterocycles. The van der Waals surface area contributed by atoms with Crippen LogP contribution >= 0.6 is 0 Å². The highest BCUT2D eigenvalue weighted by molar-refractivity contribution is 6.00. The van der Waals surface area contributed by atoms with Gasteiger partial charge in [-0.25, -0.2) is 5.01 Å². The quantitative estimate of drug-likeness (QED) is 0.737. The van der Waals surface area contributed by atoms with E-state index >= 15 is 0 Å². The van der Waals surface area contributed by atoms with Crippen molar-refractivity contribution in [1.82, 2.24) is 10.4 Å². The molecule has 0 atom stereocenters. The fraction of sp³-hybridized carbons (Fsp3) is 0. The lowest BCUT2D eigenvalue weighted by Crippen LogP contribution is -2.30. The number of allylic oxidation sites excluding steroid dienone is 1. The zero-order valence-corrected chi connectivity index (χ0v) is 7.96. The first kappa shape index (κ1) is 8.23. The van der Waals surface area contributed by atoms with E-state index < -0.39 is 0 Å². The lowest BCUT2D eigenvalue weighted by molar-refractivity contribution is 0.471. The summed E-state index contributed by atoms with van der Waals surface area (Å²) in [6.45, 7) is 0. The van der Waals surface area contributed by atoms with Gasteiger partial charge in [-0.2, -0.15) is 10.2 Å². The topological polar surface area (TPSA) is 40.0 Å². The Morgan fingerprint density at radius 2 is 2.00 bits per heavy atom. The highest BCUT2D eigenvalue weighted by Gasteiger charge is 2.29. The number of hydrogen-bond donors (Lipinski definition) is 1. The molecule has 1 N–H and O–H groups in total. The molecule has 2 aliphatic rings. The Balaban J connectivity index is 1.93. The van der Waals surface area contributed by atoms with Crippen LogP contribution < -0.4 is 5.43 Å². The van der Waals surface area contributed by atoms with E-state index in [1.807, 2.05) is 42.5 Å². The van der Waals surface area contributed by atoms with Gasteiger partial charge in [0.1, 0.15) is 0 Å². The minimum absolute atomic E-state index is 0.816. The van der Waals surface area contributed by atoms with Gasteiger partial charge in [-0.3, -0.25) is 5.43 Å². The van der Waals surface area contributed by atoms with Crippen LogP contribution in [0.15, 0.2) is 52.7 Å². The molecule has 1 radical (unpaired) electrons. The van der Waals surface area contributed by atoms with Gasteiger partial charge >= 0.3 is 0 Å². The van der Waals surface area contributed by atoms with Crippen molar-refractivity contribution < 1.29 is 0 Å². The molecule has 15 heavy (non-hydrogen) atoms. The summed E-state index contributed by atoms with van der Waals surface area (Å²) < 4.78 is 0. The Morgan fingerprint density at radius 1 is 1.13 bits per heavy atom. The molecular formula is C11H9N4. The van der Waals surface area contributed by atoms with E-state index in [9.17, 15) is 0 Å². The van der Waals surface area contributed by atoms with Crippen molar-refractivity contribution in [2.45, 2.75) is 0 Å². The van der Waals surface area contributed by atoms with Gasteiger partial charge in [0.25, 0.3) is 0 Å². The normalized spacial score (nSPS) is 18.7. The lowest BCUT2D eigenvalue weighted by atomic mass is 10.2. The second-order valence-electron chi connectivity index (χ2n) is 3.23. The molecule has 0 bridgehead atoms. The Bertz CT molecular complexity index is 447. The van der Waals surface area contributed by atoms with Crippen molar-refractivity contribution in [3.05, 3.63) is 54.2 Å². The van der Waals surface area contributed by atoms with Crippen LogP contribution in [0.2, 0.25) is 0 Å². The van der Waals surface area contributed by atoms with Crippen molar-refractivity contribution in [2.75, 3.05) is 0 Å². The van der Waals surface area contributed by atoms with Crippen LogP contribution in [0.25, 0.3) is 0 Å². The van der Waals surface area contributed by atoms with E-state index in [2.05, 4.69) is 15.6 Å². The minimum atomic E-state index is 0.816. The number of nitrogens with zero attached hydrogens (tertiary/aromatic N) is 3. The molecule has 1 aromatic carbocycles. The van der Waals surface area contributed by atoms with E-state index in [1.165, 1.54) is 0 Å². The van der Waals surface area contributed by atoms with Crippen LogP contribution in [0.3, 0.4) is 0 Å². The van der Waals surface area contributed by atoms with Crippen LogP contribution in [0.1, 0.15) is 5.56 Å². The number of nitrogens with one attached hydrogen (secondary N) is 1. The SMILES string of the molecule is C1=CC2=NN[C](c3ccccc3)N2N=C1. The summed E-state index contributed by atoms with van der Waals surface area (Å²) in [6, 6.07) is 10.0. The third kappa shape index (κ3) is 1.30. The van der Waals surface area contributed by atoms with Crippen LogP contribution in [0.5, 0.6) is 0 Å². The smallest absolute Gasteiger partial charge is 0.224 e. The van der Waals surface area contributed by atoms with Crippen LogP contribution in [0.4, 0.5) is 0 Å². The predicted octanol–water partition coefficient (Wildman–Crippen LogP) is 1.30.